The summed E-state index contributed by atoms with van der Waals surface area (Å²) >= 11 is 0. The summed E-state index contributed by atoms with van der Waals surface area (Å²) < 4.78 is 0. The van der Waals surface area contributed by atoms with Gasteiger partial charge in [-0.3, -0.25) is 0 Å². The lowest BCUT2D eigenvalue weighted by Gasteiger charge is -2.04. The SMILES string of the molecule is O=C(O)C(O)CCCCCCC=CCCCCCCCCO. The number of carboxylic acids is 1. The van der Waals surface area contributed by atoms with Crippen LogP contribution in [-0.2, 0) is 4.79 Å². The molecule has 0 bridgehead atoms. The van der Waals surface area contributed by atoms with Crippen molar-refractivity contribution < 1.29 is 20.1 Å². The van der Waals surface area contributed by atoms with E-state index in [1.54, 1.807) is 0 Å². The average Bonchev–Trinajstić information content (AvgIpc) is 2.50. The maximum Gasteiger partial charge on any atom is 0.332 e. The molecule has 4 nitrogen and oxygen atoms in total. The molecule has 1 atom stereocenters. The predicted molar refractivity (Wildman–Crippen MR) is 89.9 cm³/mol. The molecule has 0 aromatic rings. The van der Waals surface area contributed by atoms with Crippen LogP contribution in [0.1, 0.15) is 83.5 Å². The fourth-order valence-corrected chi connectivity index (χ4v) is 2.39. The Labute approximate surface area is 135 Å². The van der Waals surface area contributed by atoms with Gasteiger partial charge >= 0.3 is 5.97 Å². The van der Waals surface area contributed by atoms with Gasteiger partial charge in [0, 0.05) is 6.61 Å². The van der Waals surface area contributed by atoms with Crippen molar-refractivity contribution in [2.24, 2.45) is 0 Å². The van der Waals surface area contributed by atoms with Gasteiger partial charge in [0.25, 0.3) is 0 Å². The van der Waals surface area contributed by atoms with Crippen LogP contribution in [0.4, 0.5) is 0 Å². The first-order chi connectivity index (χ1) is 10.7. The molecule has 0 amide bonds. The van der Waals surface area contributed by atoms with Crippen molar-refractivity contribution in [2.75, 3.05) is 6.61 Å². The molecule has 0 saturated heterocycles. The smallest absolute Gasteiger partial charge is 0.332 e. The first-order valence-electron chi connectivity index (χ1n) is 8.85. The van der Waals surface area contributed by atoms with Crippen molar-refractivity contribution in [3.63, 3.8) is 0 Å². The van der Waals surface area contributed by atoms with Crippen molar-refractivity contribution in [1.29, 1.82) is 0 Å². The van der Waals surface area contributed by atoms with Crippen LogP contribution >= 0.6 is 0 Å². The van der Waals surface area contributed by atoms with Gasteiger partial charge in [-0.15, -0.1) is 0 Å². The molecule has 0 aliphatic heterocycles. The number of hydrogen-bond acceptors (Lipinski definition) is 3. The monoisotopic (exact) mass is 314 g/mol. The second-order valence-electron chi connectivity index (χ2n) is 5.95. The molecule has 0 fully saturated rings. The van der Waals surface area contributed by atoms with Crippen LogP contribution in [-0.4, -0.2) is 34.0 Å². The summed E-state index contributed by atoms with van der Waals surface area (Å²) in [4.78, 5) is 10.4. The number of rotatable bonds is 16. The summed E-state index contributed by atoms with van der Waals surface area (Å²) in [6.07, 6.45) is 17.1. The van der Waals surface area contributed by atoms with Crippen LogP contribution in [0.3, 0.4) is 0 Å². The first kappa shape index (κ1) is 21.1. The number of hydrogen-bond donors (Lipinski definition) is 3. The van der Waals surface area contributed by atoms with Gasteiger partial charge in [0.2, 0.25) is 0 Å². The molecule has 0 aliphatic carbocycles. The minimum Gasteiger partial charge on any atom is -0.479 e. The Kier molecular flexibility index (Phi) is 15.8. The van der Waals surface area contributed by atoms with Crippen LogP contribution < -0.4 is 0 Å². The van der Waals surface area contributed by atoms with Crippen molar-refractivity contribution in [3.05, 3.63) is 12.2 Å². The van der Waals surface area contributed by atoms with Gasteiger partial charge in [-0.25, -0.2) is 4.79 Å². The number of aliphatic carboxylic acids is 1. The van der Waals surface area contributed by atoms with E-state index in [1.165, 1.54) is 25.7 Å². The van der Waals surface area contributed by atoms with Crippen molar-refractivity contribution in [1.82, 2.24) is 0 Å². The van der Waals surface area contributed by atoms with E-state index < -0.39 is 12.1 Å². The highest BCUT2D eigenvalue weighted by molar-refractivity contribution is 5.71. The topological polar surface area (TPSA) is 77.8 Å². The molecular formula is C18H34O4. The molecule has 130 valence electrons. The van der Waals surface area contributed by atoms with Crippen molar-refractivity contribution in [3.8, 4) is 0 Å². The van der Waals surface area contributed by atoms with Crippen LogP contribution in [0.25, 0.3) is 0 Å². The van der Waals surface area contributed by atoms with Crippen LogP contribution in [0.2, 0.25) is 0 Å². The summed E-state index contributed by atoms with van der Waals surface area (Å²) in [5.41, 5.74) is 0. The molecule has 0 aromatic carbocycles. The second kappa shape index (κ2) is 16.5. The van der Waals surface area contributed by atoms with E-state index in [0.717, 1.165) is 51.4 Å². The van der Waals surface area contributed by atoms with Gasteiger partial charge in [-0.1, -0.05) is 57.1 Å². The van der Waals surface area contributed by atoms with Crippen molar-refractivity contribution in [2.45, 2.75) is 89.6 Å². The summed E-state index contributed by atoms with van der Waals surface area (Å²) in [7, 11) is 0. The van der Waals surface area contributed by atoms with E-state index in [-0.39, 0.29) is 0 Å². The number of aliphatic hydroxyl groups is 2. The lowest BCUT2D eigenvalue weighted by atomic mass is 10.1. The number of carboxylic acid groups (broad SMARTS) is 1. The van der Waals surface area contributed by atoms with Crippen LogP contribution in [0.5, 0.6) is 0 Å². The Morgan fingerprint density at radius 1 is 0.773 bits per heavy atom. The van der Waals surface area contributed by atoms with E-state index >= 15 is 0 Å². The maximum atomic E-state index is 10.4. The Balaban J connectivity index is 3.16. The molecule has 0 aromatic heterocycles. The van der Waals surface area contributed by atoms with E-state index in [2.05, 4.69) is 12.2 Å². The summed E-state index contributed by atoms with van der Waals surface area (Å²) in [6, 6.07) is 0. The lowest BCUT2D eigenvalue weighted by molar-refractivity contribution is -0.146. The fourth-order valence-electron chi connectivity index (χ4n) is 2.39. The van der Waals surface area contributed by atoms with E-state index in [1.807, 2.05) is 0 Å². The normalized spacial score (nSPS) is 12.8. The molecule has 1 unspecified atom stereocenters. The Morgan fingerprint density at radius 3 is 1.73 bits per heavy atom. The van der Waals surface area contributed by atoms with Gasteiger partial charge in [-0.2, -0.15) is 0 Å². The van der Waals surface area contributed by atoms with Crippen LogP contribution in [0.15, 0.2) is 12.2 Å². The lowest BCUT2D eigenvalue weighted by Crippen LogP contribution is -2.18. The van der Waals surface area contributed by atoms with E-state index in [0.29, 0.717) is 13.0 Å². The summed E-state index contributed by atoms with van der Waals surface area (Å²) in [5, 5.41) is 26.3. The van der Waals surface area contributed by atoms with Gasteiger partial charge < -0.3 is 15.3 Å². The molecule has 0 aliphatic rings. The van der Waals surface area contributed by atoms with E-state index in [9.17, 15) is 4.79 Å². The highest BCUT2D eigenvalue weighted by Crippen LogP contribution is 2.10. The van der Waals surface area contributed by atoms with Gasteiger partial charge in [0.1, 0.15) is 0 Å². The van der Waals surface area contributed by atoms with E-state index in [4.69, 9.17) is 15.3 Å². The second-order valence-corrected chi connectivity index (χ2v) is 5.95. The highest BCUT2D eigenvalue weighted by Gasteiger charge is 2.11. The Hall–Kier alpha value is -0.870. The van der Waals surface area contributed by atoms with Gasteiger partial charge in [0.05, 0.1) is 0 Å². The third-order valence-corrected chi connectivity index (χ3v) is 3.83. The zero-order valence-electron chi connectivity index (χ0n) is 13.9. The largest absolute Gasteiger partial charge is 0.479 e. The molecule has 4 heteroatoms. The quantitative estimate of drug-likeness (QED) is 0.297. The zero-order chi connectivity index (χ0) is 16.5. The first-order valence-corrected chi connectivity index (χ1v) is 8.85. The number of aliphatic hydroxyl groups excluding tert-OH is 2. The summed E-state index contributed by atoms with van der Waals surface area (Å²) in [6.45, 7) is 0.322. The minimum atomic E-state index is -1.19. The zero-order valence-corrected chi connectivity index (χ0v) is 13.9. The molecule has 0 spiro atoms. The molecule has 0 saturated carbocycles. The standard InChI is InChI=1S/C18H34O4/c19-16-14-12-10-8-6-4-2-1-3-5-7-9-11-13-15-17(20)18(21)22/h1,3,17,19-20H,2,4-16H2,(H,21,22). The number of carbonyl (C=O) groups is 1. The van der Waals surface area contributed by atoms with Crippen LogP contribution in [0, 0.1) is 0 Å². The molecule has 0 heterocycles. The maximum absolute atomic E-state index is 10.4. The molecule has 0 radical (unpaired) electrons. The molecular weight excluding hydrogens is 280 g/mol. The molecule has 0 rings (SSSR count). The third kappa shape index (κ3) is 15.5. The predicted octanol–water partition coefficient (Wildman–Crippen LogP) is 4.05. The van der Waals surface area contributed by atoms with Crippen molar-refractivity contribution >= 4 is 5.97 Å². The molecule has 3 N–H and O–H groups in total. The highest BCUT2D eigenvalue weighted by atomic mass is 16.4. The Bertz CT molecular complexity index is 276. The molecule has 22 heavy (non-hydrogen) atoms. The number of allylic oxidation sites excluding steroid dienone is 2. The summed E-state index contributed by atoms with van der Waals surface area (Å²) in [5.74, 6) is -1.11. The third-order valence-electron chi connectivity index (χ3n) is 3.83. The minimum absolute atomic E-state index is 0.322. The Morgan fingerprint density at radius 2 is 1.23 bits per heavy atom. The van der Waals surface area contributed by atoms with Gasteiger partial charge in [0.15, 0.2) is 6.10 Å². The van der Waals surface area contributed by atoms with Gasteiger partial charge in [-0.05, 0) is 38.5 Å². The number of unbranched alkanes of at least 4 members (excludes halogenated alkanes) is 10. The average molecular weight is 314 g/mol. The fraction of sp³-hybridized carbons (Fsp3) is 0.833.